The molecule has 7 heteroatoms. The molecule has 22 heavy (non-hydrogen) atoms. The van der Waals surface area contributed by atoms with Gasteiger partial charge < -0.3 is 10.4 Å². The number of rotatable bonds is 4. The maximum absolute atomic E-state index is 11.5. The van der Waals surface area contributed by atoms with Crippen LogP contribution >= 0.6 is 11.3 Å². The van der Waals surface area contributed by atoms with Crippen molar-refractivity contribution >= 4 is 17.3 Å². The second-order valence-corrected chi connectivity index (χ2v) is 6.27. The van der Waals surface area contributed by atoms with E-state index in [2.05, 4.69) is 20.2 Å². The second kappa shape index (κ2) is 6.95. The van der Waals surface area contributed by atoms with Crippen LogP contribution in [0.2, 0.25) is 0 Å². The standard InChI is InChI=1S/C15H18N4O2S/c20-15(21)14-13(11-4-1-2-6-17-11)18-12(22-14)10-19-8-3-5-16-7-9-19/h1-2,4,6,16H,3,5,7-10H2,(H,20,21). The van der Waals surface area contributed by atoms with Crippen LogP contribution in [0.4, 0.5) is 0 Å². The van der Waals surface area contributed by atoms with E-state index in [0.717, 1.165) is 37.6 Å². The molecule has 1 fully saturated rings. The molecular weight excluding hydrogens is 300 g/mol. The fourth-order valence-electron chi connectivity index (χ4n) is 2.50. The van der Waals surface area contributed by atoms with Gasteiger partial charge in [-0.15, -0.1) is 11.3 Å². The Kier molecular flexibility index (Phi) is 4.77. The number of carbonyl (C=O) groups is 1. The van der Waals surface area contributed by atoms with Gasteiger partial charge in [0.05, 0.1) is 12.2 Å². The van der Waals surface area contributed by atoms with Crippen molar-refractivity contribution in [1.82, 2.24) is 20.2 Å². The van der Waals surface area contributed by atoms with E-state index in [1.54, 1.807) is 18.3 Å². The van der Waals surface area contributed by atoms with E-state index < -0.39 is 5.97 Å². The number of hydrogen-bond acceptors (Lipinski definition) is 6. The molecule has 0 aromatic carbocycles. The van der Waals surface area contributed by atoms with E-state index >= 15 is 0 Å². The van der Waals surface area contributed by atoms with E-state index in [4.69, 9.17) is 0 Å². The van der Waals surface area contributed by atoms with Crippen LogP contribution in [0.5, 0.6) is 0 Å². The third-order valence-corrected chi connectivity index (χ3v) is 4.59. The highest BCUT2D eigenvalue weighted by atomic mass is 32.1. The molecule has 0 atom stereocenters. The predicted molar refractivity (Wildman–Crippen MR) is 85.1 cm³/mol. The van der Waals surface area contributed by atoms with E-state index in [1.165, 1.54) is 11.3 Å². The minimum atomic E-state index is -0.943. The Morgan fingerprint density at radius 1 is 1.36 bits per heavy atom. The van der Waals surface area contributed by atoms with Gasteiger partial charge in [-0.2, -0.15) is 0 Å². The summed E-state index contributed by atoms with van der Waals surface area (Å²) in [6.07, 6.45) is 2.75. The summed E-state index contributed by atoms with van der Waals surface area (Å²) in [4.78, 5) is 22.8. The minimum Gasteiger partial charge on any atom is -0.477 e. The van der Waals surface area contributed by atoms with Crippen molar-refractivity contribution in [2.24, 2.45) is 0 Å². The molecule has 0 unspecified atom stereocenters. The van der Waals surface area contributed by atoms with Crippen molar-refractivity contribution in [2.45, 2.75) is 13.0 Å². The van der Waals surface area contributed by atoms with E-state index in [9.17, 15) is 9.90 Å². The maximum atomic E-state index is 11.5. The molecule has 0 spiro atoms. The number of nitrogens with one attached hydrogen (secondary N) is 1. The monoisotopic (exact) mass is 318 g/mol. The summed E-state index contributed by atoms with van der Waals surface area (Å²) in [5.41, 5.74) is 1.08. The molecule has 0 aliphatic carbocycles. The molecule has 2 N–H and O–H groups in total. The molecule has 0 amide bonds. The van der Waals surface area contributed by atoms with Crippen LogP contribution in [0, 0.1) is 0 Å². The van der Waals surface area contributed by atoms with Gasteiger partial charge in [-0.05, 0) is 31.6 Å². The second-order valence-electron chi connectivity index (χ2n) is 5.19. The number of carboxylic acids is 1. The highest BCUT2D eigenvalue weighted by Crippen LogP contribution is 2.27. The van der Waals surface area contributed by atoms with Crippen LogP contribution in [-0.4, -0.2) is 52.1 Å². The lowest BCUT2D eigenvalue weighted by atomic mass is 10.2. The summed E-state index contributed by atoms with van der Waals surface area (Å²) in [5.74, 6) is -0.943. The van der Waals surface area contributed by atoms with Crippen LogP contribution in [0.3, 0.4) is 0 Å². The molecule has 2 aromatic heterocycles. The number of pyridine rings is 1. The molecule has 2 aromatic rings. The first-order valence-corrected chi connectivity index (χ1v) is 8.13. The molecule has 0 saturated carbocycles. The van der Waals surface area contributed by atoms with Crippen molar-refractivity contribution < 1.29 is 9.90 Å². The normalized spacial score (nSPS) is 16.4. The summed E-state index contributed by atoms with van der Waals surface area (Å²) in [7, 11) is 0. The number of thiazole rings is 1. The van der Waals surface area contributed by atoms with Crippen molar-refractivity contribution in [3.63, 3.8) is 0 Å². The number of carboxylic acid groups (broad SMARTS) is 1. The van der Waals surface area contributed by atoms with Gasteiger partial charge in [0.15, 0.2) is 0 Å². The fourth-order valence-corrected chi connectivity index (χ4v) is 3.46. The molecule has 0 radical (unpaired) electrons. The number of aromatic carboxylic acids is 1. The molecule has 3 heterocycles. The van der Waals surface area contributed by atoms with Crippen molar-refractivity contribution in [3.05, 3.63) is 34.3 Å². The van der Waals surface area contributed by atoms with Gasteiger partial charge in [-0.25, -0.2) is 9.78 Å². The molecule has 3 rings (SSSR count). The topological polar surface area (TPSA) is 78.4 Å². The molecule has 116 valence electrons. The van der Waals surface area contributed by atoms with Crippen LogP contribution < -0.4 is 5.32 Å². The van der Waals surface area contributed by atoms with E-state index in [0.29, 0.717) is 17.9 Å². The zero-order chi connectivity index (χ0) is 15.4. The van der Waals surface area contributed by atoms with Crippen LogP contribution in [0.25, 0.3) is 11.4 Å². The van der Waals surface area contributed by atoms with Gasteiger partial charge >= 0.3 is 5.97 Å². The zero-order valence-corrected chi connectivity index (χ0v) is 13.0. The number of aromatic nitrogens is 2. The lowest BCUT2D eigenvalue weighted by Gasteiger charge is -2.17. The van der Waals surface area contributed by atoms with Gasteiger partial charge in [-0.1, -0.05) is 6.07 Å². The van der Waals surface area contributed by atoms with E-state index in [-0.39, 0.29) is 4.88 Å². The maximum Gasteiger partial charge on any atom is 0.348 e. The Bertz CT molecular complexity index is 636. The lowest BCUT2D eigenvalue weighted by molar-refractivity contribution is 0.0702. The summed E-state index contributed by atoms with van der Waals surface area (Å²) in [6, 6.07) is 5.44. The van der Waals surface area contributed by atoms with Gasteiger partial charge in [0, 0.05) is 19.3 Å². The fraction of sp³-hybridized carbons (Fsp3) is 0.400. The van der Waals surface area contributed by atoms with Crippen molar-refractivity contribution in [1.29, 1.82) is 0 Å². The third kappa shape index (κ3) is 3.49. The molecular formula is C15H18N4O2S. The lowest BCUT2D eigenvalue weighted by Crippen LogP contribution is -2.27. The van der Waals surface area contributed by atoms with Crippen molar-refractivity contribution in [3.8, 4) is 11.4 Å². The average molecular weight is 318 g/mol. The summed E-state index contributed by atoms with van der Waals surface area (Å²) in [5, 5.41) is 13.6. The summed E-state index contributed by atoms with van der Waals surface area (Å²) >= 11 is 1.25. The zero-order valence-electron chi connectivity index (χ0n) is 12.2. The highest BCUT2D eigenvalue weighted by Gasteiger charge is 2.21. The quantitative estimate of drug-likeness (QED) is 0.893. The Balaban J connectivity index is 1.85. The molecule has 1 aliphatic heterocycles. The molecule has 6 nitrogen and oxygen atoms in total. The Labute approximate surface area is 132 Å². The third-order valence-electron chi connectivity index (χ3n) is 3.56. The smallest absolute Gasteiger partial charge is 0.348 e. The van der Waals surface area contributed by atoms with Gasteiger partial charge in [0.2, 0.25) is 0 Å². The predicted octanol–water partition coefficient (Wildman–Crippen LogP) is 1.70. The number of hydrogen-bond donors (Lipinski definition) is 2. The van der Waals surface area contributed by atoms with Gasteiger partial charge in [0.25, 0.3) is 0 Å². The first-order valence-electron chi connectivity index (χ1n) is 7.31. The molecule has 1 saturated heterocycles. The van der Waals surface area contributed by atoms with Crippen LogP contribution in [0.1, 0.15) is 21.1 Å². The SMILES string of the molecule is O=C(O)c1sc(CN2CCCNCC2)nc1-c1ccccn1. The minimum absolute atomic E-state index is 0.265. The van der Waals surface area contributed by atoms with Crippen LogP contribution in [-0.2, 0) is 6.54 Å². The molecule has 0 bridgehead atoms. The number of nitrogens with zero attached hydrogens (tertiary/aromatic N) is 3. The molecule has 1 aliphatic rings. The first kappa shape index (κ1) is 15.1. The first-order chi connectivity index (χ1) is 10.7. The Morgan fingerprint density at radius 2 is 2.27 bits per heavy atom. The van der Waals surface area contributed by atoms with Crippen LogP contribution in [0.15, 0.2) is 24.4 Å². The van der Waals surface area contributed by atoms with Gasteiger partial charge in [-0.3, -0.25) is 9.88 Å². The highest BCUT2D eigenvalue weighted by molar-refractivity contribution is 7.14. The summed E-state index contributed by atoms with van der Waals surface area (Å²) < 4.78 is 0. The van der Waals surface area contributed by atoms with Crippen molar-refractivity contribution in [2.75, 3.05) is 26.2 Å². The van der Waals surface area contributed by atoms with E-state index in [1.807, 2.05) is 6.07 Å². The largest absolute Gasteiger partial charge is 0.477 e. The van der Waals surface area contributed by atoms with Gasteiger partial charge in [0.1, 0.15) is 15.6 Å². The average Bonchev–Trinajstić information content (AvgIpc) is 2.78. The Morgan fingerprint density at radius 3 is 3.05 bits per heavy atom. The Hall–Kier alpha value is -1.83. The summed E-state index contributed by atoms with van der Waals surface area (Å²) in [6.45, 7) is 4.66.